The molecule has 94 valence electrons. The summed E-state index contributed by atoms with van der Waals surface area (Å²) in [4.78, 5) is 12.8. The Kier molecular flexibility index (Phi) is 4.42. The van der Waals surface area contributed by atoms with Crippen molar-refractivity contribution in [1.29, 1.82) is 0 Å². The summed E-state index contributed by atoms with van der Waals surface area (Å²) in [6.45, 7) is 0.253. The molecule has 0 fully saturated rings. The van der Waals surface area contributed by atoms with Crippen LogP contribution >= 0.6 is 43.2 Å². The van der Waals surface area contributed by atoms with E-state index in [9.17, 15) is 4.79 Å². The predicted molar refractivity (Wildman–Crippen MR) is 79.7 cm³/mol. The first-order chi connectivity index (χ1) is 8.56. The summed E-state index contributed by atoms with van der Waals surface area (Å²) in [6.07, 6.45) is 0. The van der Waals surface area contributed by atoms with Crippen LogP contribution in [-0.4, -0.2) is 5.97 Å². The molecule has 2 rings (SSSR count). The molecule has 18 heavy (non-hydrogen) atoms. The molecule has 6 heteroatoms. The molecule has 0 saturated carbocycles. The Hall–Kier alpha value is -0.850. The lowest BCUT2D eigenvalue weighted by Crippen LogP contribution is -2.05. The molecule has 0 unspecified atom stereocenters. The smallest absolute Gasteiger partial charge is 0.338 e. The van der Waals surface area contributed by atoms with Crippen LogP contribution in [0.5, 0.6) is 0 Å². The molecule has 0 aliphatic carbocycles. The Morgan fingerprint density at radius 1 is 1.33 bits per heavy atom. The van der Waals surface area contributed by atoms with E-state index in [0.717, 1.165) is 13.8 Å². The number of hydrogen-bond donors (Lipinski definition) is 1. The highest BCUT2D eigenvalue weighted by atomic mass is 79.9. The van der Waals surface area contributed by atoms with Crippen LogP contribution in [0.1, 0.15) is 15.2 Å². The van der Waals surface area contributed by atoms with Gasteiger partial charge in [0.15, 0.2) is 0 Å². The van der Waals surface area contributed by atoms with Crippen LogP contribution in [0.2, 0.25) is 0 Å². The molecule has 1 aromatic heterocycles. The van der Waals surface area contributed by atoms with Crippen LogP contribution in [0.3, 0.4) is 0 Å². The number of carbonyl (C=O) groups excluding carboxylic acids is 1. The first-order valence-electron chi connectivity index (χ1n) is 5.01. The van der Waals surface area contributed by atoms with Gasteiger partial charge >= 0.3 is 5.97 Å². The third kappa shape index (κ3) is 3.34. The molecule has 0 saturated heterocycles. The molecule has 0 aliphatic rings. The molecule has 0 aliphatic heterocycles. The molecule has 2 N–H and O–H groups in total. The van der Waals surface area contributed by atoms with Gasteiger partial charge < -0.3 is 10.5 Å². The summed E-state index contributed by atoms with van der Waals surface area (Å²) in [7, 11) is 0. The fraction of sp³-hybridized carbons (Fsp3) is 0.0833. The van der Waals surface area contributed by atoms with Gasteiger partial charge in [0, 0.05) is 14.6 Å². The van der Waals surface area contributed by atoms with Gasteiger partial charge in [-0.2, -0.15) is 0 Å². The molecule has 2 aromatic rings. The van der Waals surface area contributed by atoms with Crippen molar-refractivity contribution in [2.45, 2.75) is 6.61 Å². The van der Waals surface area contributed by atoms with E-state index in [0.29, 0.717) is 11.3 Å². The summed E-state index contributed by atoms with van der Waals surface area (Å²) in [6, 6.07) is 6.93. The van der Waals surface area contributed by atoms with Crippen molar-refractivity contribution in [3.05, 3.63) is 49.0 Å². The highest BCUT2D eigenvalue weighted by Gasteiger charge is 2.10. The fourth-order valence-electron chi connectivity index (χ4n) is 1.37. The fourth-order valence-corrected chi connectivity index (χ4v) is 3.26. The molecular weight excluding hydrogens is 382 g/mol. The molecular formula is C12H9Br2NO2S. The lowest BCUT2D eigenvalue weighted by Gasteiger charge is -2.05. The van der Waals surface area contributed by atoms with Crippen molar-refractivity contribution in [3.8, 4) is 0 Å². The van der Waals surface area contributed by atoms with Gasteiger partial charge in [0.2, 0.25) is 0 Å². The second kappa shape index (κ2) is 5.86. The van der Waals surface area contributed by atoms with Gasteiger partial charge in [-0.1, -0.05) is 15.9 Å². The Balaban J connectivity index is 2.06. The summed E-state index contributed by atoms with van der Waals surface area (Å²) in [5.74, 6) is -0.386. The zero-order chi connectivity index (χ0) is 13.1. The lowest BCUT2D eigenvalue weighted by atomic mass is 10.2. The molecule has 0 atom stereocenters. The average Bonchev–Trinajstić information content (AvgIpc) is 2.70. The third-order valence-electron chi connectivity index (χ3n) is 2.18. The quantitative estimate of drug-likeness (QED) is 0.630. The van der Waals surface area contributed by atoms with E-state index in [4.69, 9.17) is 10.5 Å². The molecule has 0 bridgehead atoms. The molecule has 3 nitrogen and oxygen atoms in total. The Labute approximate surface area is 125 Å². The van der Waals surface area contributed by atoms with Crippen molar-refractivity contribution in [2.75, 3.05) is 5.73 Å². The molecule has 1 heterocycles. The number of rotatable bonds is 3. The number of nitrogen functional groups attached to an aromatic ring is 1. The number of esters is 1. The van der Waals surface area contributed by atoms with Crippen LogP contribution < -0.4 is 5.73 Å². The van der Waals surface area contributed by atoms with Gasteiger partial charge in [-0.05, 0) is 45.6 Å². The van der Waals surface area contributed by atoms with Gasteiger partial charge in [-0.3, -0.25) is 0 Å². The zero-order valence-electron chi connectivity index (χ0n) is 9.15. The number of thiophene rings is 1. The van der Waals surface area contributed by atoms with Crippen LogP contribution in [0.15, 0.2) is 38.6 Å². The topological polar surface area (TPSA) is 52.3 Å². The number of anilines is 1. The molecule has 0 spiro atoms. The van der Waals surface area contributed by atoms with Crippen molar-refractivity contribution >= 4 is 54.9 Å². The van der Waals surface area contributed by atoms with Crippen LogP contribution in [-0.2, 0) is 11.3 Å². The first-order valence-corrected chi connectivity index (χ1v) is 7.48. The SMILES string of the molecule is Nc1cc(Br)cc(C(=O)OCc2sccc2Br)c1. The first kappa shape index (κ1) is 13.6. The van der Waals surface area contributed by atoms with Gasteiger partial charge in [0.25, 0.3) is 0 Å². The van der Waals surface area contributed by atoms with Crippen LogP contribution in [0.4, 0.5) is 5.69 Å². The minimum atomic E-state index is -0.386. The summed E-state index contributed by atoms with van der Waals surface area (Å²) >= 11 is 8.21. The maximum atomic E-state index is 11.8. The summed E-state index contributed by atoms with van der Waals surface area (Å²) < 4.78 is 6.94. The van der Waals surface area contributed by atoms with E-state index in [1.807, 2.05) is 11.4 Å². The number of hydrogen-bond acceptors (Lipinski definition) is 4. The zero-order valence-corrected chi connectivity index (χ0v) is 13.1. The van der Waals surface area contributed by atoms with Crippen molar-refractivity contribution in [2.24, 2.45) is 0 Å². The monoisotopic (exact) mass is 389 g/mol. The summed E-state index contributed by atoms with van der Waals surface area (Å²) in [5.41, 5.74) is 6.63. The highest BCUT2D eigenvalue weighted by Crippen LogP contribution is 2.24. The number of nitrogens with two attached hydrogens (primary N) is 1. The predicted octanol–water partition coefficient (Wildman–Crippen LogP) is 4.21. The van der Waals surface area contributed by atoms with Crippen molar-refractivity contribution in [3.63, 3.8) is 0 Å². The maximum Gasteiger partial charge on any atom is 0.338 e. The minimum Gasteiger partial charge on any atom is -0.456 e. The van der Waals surface area contributed by atoms with Gasteiger partial charge in [-0.25, -0.2) is 4.79 Å². The van der Waals surface area contributed by atoms with E-state index in [1.165, 1.54) is 11.3 Å². The number of halogens is 2. The van der Waals surface area contributed by atoms with E-state index in [-0.39, 0.29) is 12.6 Å². The van der Waals surface area contributed by atoms with Crippen LogP contribution in [0, 0.1) is 0 Å². The molecule has 1 aromatic carbocycles. The molecule has 0 amide bonds. The van der Waals surface area contributed by atoms with Crippen LogP contribution in [0.25, 0.3) is 0 Å². The largest absolute Gasteiger partial charge is 0.456 e. The maximum absolute atomic E-state index is 11.8. The van der Waals surface area contributed by atoms with Gasteiger partial charge in [0.05, 0.1) is 10.4 Å². The summed E-state index contributed by atoms with van der Waals surface area (Å²) in [5, 5.41) is 1.93. The van der Waals surface area contributed by atoms with Gasteiger partial charge in [0.1, 0.15) is 6.61 Å². The normalized spacial score (nSPS) is 10.3. The highest BCUT2D eigenvalue weighted by molar-refractivity contribution is 9.10. The Morgan fingerprint density at radius 2 is 2.11 bits per heavy atom. The van der Waals surface area contributed by atoms with E-state index in [2.05, 4.69) is 31.9 Å². The third-order valence-corrected chi connectivity index (χ3v) is 4.54. The van der Waals surface area contributed by atoms with Crippen molar-refractivity contribution < 1.29 is 9.53 Å². The number of carbonyl (C=O) groups is 1. The van der Waals surface area contributed by atoms with Crippen molar-refractivity contribution in [1.82, 2.24) is 0 Å². The van der Waals surface area contributed by atoms with E-state index >= 15 is 0 Å². The van der Waals surface area contributed by atoms with E-state index < -0.39 is 0 Å². The Morgan fingerprint density at radius 3 is 2.72 bits per heavy atom. The average molecular weight is 391 g/mol. The van der Waals surface area contributed by atoms with Gasteiger partial charge in [-0.15, -0.1) is 11.3 Å². The standard InChI is InChI=1S/C12H9Br2NO2S/c13-8-3-7(4-9(15)5-8)12(16)17-6-11-10(14)1-2-18-11/h1-5H,6,15H2. The number of benzene rings is 1. The second-order valence-electron chi connectivity index (χ2n) is 3.54. The Bertz CT molecular complexity index is 563. The number of ether oxygens (including phenoxy) is 1. The minimum absolute atomic E-state index is 0.253. The second-order valence-corrected chi connectivity index (χ2v) is 6.31. The lowest BCUT2D eigenvalue weighted by molar-refractivity contribution is 0.0476. The van der Waals surface area contributed by atoms with E-state index in [1.54, 1.807) is 18.2 Å². The molecule has 0 radical (unpaired) electrons.